The Kier molecular flexibility index (Phi) is 2.58. The summed E-state index contributed by atoms with van der Waals surface area (Å²) in [6.07, 6.45) is 1.26. The third-order valence-electron chi connectivity index (χ3n) is 2.54. The van der Waals surface area contributed by atoms with Crippen molar-refractivity contribution in [2.24, 2.45) is 0 Å². The lowest BCUT2D eigenvalue weighted by atomic mass is 10.1. The zero-order valence-corrected chi connectivity index (χ0v) is 8.51. The highest BCUT2D eigenvalue weighted by Crippen LogP contribution is 2.27. The Hall–Kier alpha value is -1.58. The molecule has 4 heteroatoms. The summed E-state index contributed by atoms with van der Waals surface area (Å²) in [4.78, 5) is 11.5. The maximum Gasteiger partial charge on any atom is 0.226 e. The van der Waals surface area contributed by atoms with Crippen LogP contribution in [-0.4, -0.2) is 11.9 Å². The van der Waals surface area contributed by atoms with Crippen LogP contribution in [0.1, 0.15) is 19.8 Å². The Balaban J connectivity index is 2.36. The van der Waals surface area contributed by atoms with Crippen LogP contribution in [0.5, 0.6) is 0 Å². The van der Waals surface area contributed by atoms with Crippen LogP contribution in [-0.2, 0) is 4.79 Å². The molecule has 0 bridgehead atoms. The van der Waals surface area contributed by atoms with Crippen LogP contribution in [0.3, 0.4) is 0 Å². The zero-order valence-electron chi connectivity index (χ0n) is 8.51. The van der Waals surface area contributed by atoms with Crippen LogP contribution in [0, 0.1) is 5.82 Å². The van der Waals surface area contributed by atoms with E-state index in [0.29, 0.717) is 17.8 Å². The predicted molar refractivity (Wildman–Crippen MR) is 57.3 cm³/mol. The van der Waals surface area contributed by atoms with Gasteiger partial charge in [0.15, 0.2) is 0 Å². The first-order valence-electron chi connectivity index (χ1n) is 5.05. The fourth-order valence-corrected chi connectivity index (χ4v) is 1.69. The molecule has 2 N–H and O–H groups in total. The number of nitrogens with one attached hydrogen (secondary N) is 2. The van der Waals surface area contributed by atoms with E-state index in [9.17, 15) is 9.18 Å². The van der Waals surface area contributed by atoms with Crippen molar-refractivity contribution < 1.29 is 9.18 Å². The second-order valence-corrected chi connectivity index (χ2v) is 3.69. The molecule has 1 heterocycles. The number of benzene rings is 1. The highest BCUT2D eigenvalue weighted by Gasteiger charge is 2.19. The average Bonchev–Trinajstić information content (AvgIpc) is 2.35. The second-order valence-electron chi connectivity index (χ2n) is 3.69. The van der Waals surface area contributed by atoms with Gasteiger partial charge in [-0.05, 0) is 24.6 Å². The molecule has 1 aromatic rings. The van der Waals surface area contributed by atoms with Gasteiger partial charge in [-0.2, -0.15) is 0 Å². The fraction of sp³-hybridized carbons (Fsp3) is 0.364. The van der Waals surface area contributed by atoms with Gasteiger partial charge in [0.1, 0.15) is 5.82 Å². The van der Waals surface area contributed by atoms with Gasteiger partial charge in [-0.15, -0.1) is 0 Å². The maximum absolute atomic E-state index is 13.0. The maximum atomic E-state index is 13.0. The number of carbonyl (C=O) groups is 1. The largest absolute Gasteiger partial charge is 0.380 e. The van der Waals surface area contributed by atoms with Crippen molar-refractivity contribution in [1.29, 1.82) is 0 Å². The van der Waals surface area contributed by atoms with E-state index in [1.807, 2.05) is 6.92 Å². The molecule has 0 fully saturated rings. The number of hydrogen-bond donors (Lipinski definition) is 2. The SMILES string of the molecule is CCC1CC(=O)Nc2ccc(F)cc2N1. The van der Waals surface area contributed by atoms with E-state index >= 15 is 0 Å². The molecule has 1 atom stereocenters. The quantitative estimate of drug-likeness (QED) is 0.743. The van der Waals surface area contributed by atoms with E-state index < -0.39 is 0 Å². The molecule has 15 heavy (non-hydrogen) atoms. The first kappa shape index (κ1) is 9.96. The standard InChI is InChI=1S/C11H13FN2O/c1-2-8-6-11(15)14-9-4-3-7(12)5-10(9)13-8/h3-5,8,13H,2,6H2,1H3,(H,14,15). The lowest BCUT2D eigenvalue weighted by molar-refractivity contribution is -0.116. The van der Waals surface area contributed by atoms with Crippen molar-refractivity contribution in [3.63, 3.8) is 0 Å². The lowest BCUT2D eigenvalue weighted by Gasteiger charge is -2.14. The molecule has 0 spiro atoms. The first-order chi connectivity index (χ1) is 7.19. The molecule has 0 saturated heterocycles. The summed E-state index contributed by atoms with van der Waals surface area (Å²) in [7, 11) is 0. The van der Waals surface area contributed by atoms with E-state index in [1.165, 1.54) is 12.1 Å². The molecule has 3 nitrogen and oxygen atoms in total. The first-order valence-corrected chi connectivity index (χ1v) is 5.05. The molecule has 80 valence electrons. The lowest BCUT2D eigenvalue weighted by Crippen LogP contribution is -2.21. The summed E-state index contributed by atoms with van der Waals surface area (Å²) in [6.45, 7) is 2.00. The number of carbonyl (C=O) groups excluding carboxylic acids is 1. The monoisotopic (exact) mass is 208 g/mol. The van der Waals surface area contributed by atoms with E-state index in [1.54, 1.807) is 6.07 Å². The van der Waals surface area contributed by atoms with Crippen LogP contribution in [0.2, 0.25) is 0 Å². The molecule has 1 aliphatic rings. The molecule has 1 aromatic carbocycles. The summed E-state index contributed by atoms with van der Waals surface area (Å²) in [5.74, 6) is -0.327. The number of fused-ring (bicyclic) bond motifs is 1. The van der Waals surface area contributed by atoms with Gasteiger partial charge < -0.3 is 10.6 Å². The summed E-state index contributed by atoms with van der Waals surface area (Å²) < 4.78 is 13.0. The molecule has 1 aliphatic heterocycles. The van der Waals surface area contributed by atoms with Gasteiger partial charge in [0, 0.05) is 12.5 Å². The van der Waals surface area contributed by atoms with Gasteiger partial charge in [-0.1, -0.05) is 6.92 Å². The number of anilines is 2. The number of halogens is 1. The highest BCUT2D eigenvalue weighted by molar-refractivity contribution is 5.96. The molecule has 0 radical (unpaired) electrons. The molecular weight excluding hydrogens is 195 g/mol. The molecule has 1 amide bonds. The molecule has 0 saturated carbocycles. The van der Waals surface area contributed by atoms with Crippen molar-refractivity contribution in [3.05, 3.63) is 24.0 Å². The van der Waals surface area contributed by atoms with Crippen LogP contribution >= 0.6 is 0 Å². The van der Waals surface area contributed by atoms with E-state index in [-0.39, 0.29) is 17.8 Å². The Morgan fingerprint density at radius 1 is 1.47 bits per heavy atom. The number of rotatable bonds is 1. The molecule has 2 rings (SSSR count). The van der Waals surface area contributed by atoms with Crippen molar-refractivity contribution in [2.75, 3.05) is 10.6 Å². The van der Waals surface area contributed by atoms with Gasteiger partial charge in [-0.25, -0.2) is 4.39 Å². The average molecular weight is 208 g/mol. The van der Waals surface area contributed by atoms with E-state index in [0.717, 1.165) is 6.42 Å². The van der Waals surface area contributed by atoms with Crippen LogP contribution < -0.4 is 10.6 Å². The fourth-order valence-electron chi connectivity index (χ4n) is 1.69. The number of amides is 1. The summed E-state index contributed by atoms with van der Waals surface area (Å²) >= 11 is 0. The van der Waals surface area contributed by atoms with Crippen LogP contribution in [0.25, 0.3) is 0 Å². The number of hydrogen-bond acceptors (Lipinski definition) is 2. The molecule has 1 unspecified atom stereocenters. The Bertz CT molecular complexity index is 392. The van der Waals surface area contributed by atoms with Gasteiger partial charge in [0.05, 0.1) is 11.4 Å². The van der Waals surface area contributed by atoms with Gasteiger partial charge >= 0.3 is 0 Å². The highest BCUT2D eigenvalue weighted by atomic mass is 19.1. The van der Waals surface area contributed by atoms with E-state index in [2.05, 4.69) is 10.6 Å². The summed E-state index contributed by atoms with van der Waals surface area (Å²) in [5, 5.41) is 5.90. The molecule has 0 aliphatic carbocycles. The minimum absolute atomic E-state index is 0.0280. The van der Waals surface area contributed by atoms with Gasteiger partial charge in [-0.3, -0.25) is 4.79 Å². The van der Waals surface area contributed by atoms with Gasteiger partial charge in [0.25, 0.3) is 0 Å². The third kappa shape index (κ3) is 2.09. The topological polar surface area (TPSA) is 41.1 Å². The van der Waals surface area contributed by atoms with E-state index in [4.69, 9.17) is 0 Å². The molecular formula is C11H13FN2O. The predicted octanol–water partition coefficient (Wildman–Crippen LogP) is 2.36. The molecule has 0 aromatic heterocycles. The normalized spacial score (nSPS) is 19.9. The smallest absolute Gasteiger partial charge is 0.226 e. The van der Waals surface area contributed by atoms with Crippen LogP contribution in [0.15, 0.2) is 18.2 Å². The van der Waals surface area contributed by atoms with Crippen molar-refractivity contribution in [2.45, 2.75) is 25.8 Å². The zero-order chi connectivity index (χ0) is 10.8. The Labute approximate surface area is 87.7 Å². The Morgan fingerprint density at radius 2 is 2.27 bits per heavy atom. The Morgan fingerprint density at radius 3 is 3.00 bits per heavy atom. The van der Waals surface area contributed by atoms with Crippen molar-refractivity contribution in [1.82, 2.24) is 0 Å². The van der Waals surface area contributed by atoms with Gasteiger partial charge in [0.2, 0.25) is 5.91 Å². The van der Waals surface area contributed by atoms with Crippen molar-refractivity contribution in [3.8, 4) is 0 Å². The third-order valence-corrected chi connectivity index (χ3v) is 2.54. The second kappa shape index (κ2) is 3.88. The minimum atomic E-state index is -0.299. The van der Waals surface area contributed by atoms with Crippen LogP contribution in [0.4, 0.5) is 15.8 Å². The summed E-state index contributed by atoms with van der Waals surface area (Å²) in [6, 6.07) is 4.40. The van der Waals surface area contributed by atoms with Crippen molar-refractivity contribution >= 4 is 17.3 Å². The minimum Gasteiger partial charge on any atom is -0.380 e. The summed E-state index contributed by atoms with van der Waals surface area (Å²) in [5.41, 5.74) is 1.31.